The van der Waals surface area contributed by atoms with Crippen LogP contribution < -0.4 is 19.9 Å². The molecule has 0 aliphatic carbocycles. The van der Waals surface area contributed by atoms with E-state index in [9.17, 15) is 0 Å². The van der Waals surface area contributed by atoms with Crippen LogP contribution in [0, 0.1) is 0 Å². The van der Waals surface area contributed by atoms with E-state index in [1.165, 1.54) is 0 Å². The number of hydrogen-bond donors (Lipinski definition) is 1. The maximum absolute atomic E-state index is 5.93. The number of nitrogens with zero attached hydrogens (tertiary/aromatic N) is 1. The van der Waals surface area contributed by atoms with Gasteiger partial charge >= 0.3 is 0 Å². The van der Waals surface area contributed by atoms with E-state index in [4.69, 9.17) is 19.9 Å². The van der Waals surface area contributed by atoms with Crippen molar-refractivity contribution in [2.45, 2.75) is 13.8 Å². The molecule has 0 heterocycles. The van der Waals surface area contributed by atoms with Crippen LogP contribution >= 0.6 is 0 Å². The fraction of sp³-hybridized carbons (Fsp3) is 0.571. The lowest BCUT2D eigenvalue weighted by atomic mass is 10.2. The van der Waals surface area contributed by atoms with Crippen molar-refractivity contribution in [2.75, 3.05) is 46.2 Å². The summed E-state index contributed by atoms with van der Waals surface area (Å²) < 4.78 is 16.1. The number of hydrogen-bond acceptors (Lipinski definition) is 5. The minimum Gasteiger partial charge on any atom is -0.493 e. The Kier molecular flexibility index (Phi) is 6.29. The highest BCUT2D eigenvalue weighted by Gasteiger charge is 2.10. The number of ether oxygens (including phenoxy) is 3. The number of nitrogen functional groups attached to an aromatic ring is 1. The molecule has 5 heteroatoms. The normalized spacial score (nSPS) is 10.6. The molecule has 19 heavy (non-hydrogen) atoms. The van der Waals surface area contributed by atoms with Gasteiger partial charge in [0, 0.05) is 18.7 Å². The van der Waals surface area contributed by atoms with Crippen molar-refractivity contribution in [1.82, 2.24) is 4.90 Å². The third kappa shape index (κ3) is 4.21. The Morgan fingerprint density at radius 2 is 1.58 bits per heavy atom. The van der Waals surface area contributed by atoms with Crippen LogP contribution in [0.15, 0.2) is 12.1 Å². The van der Waals surface area contributed by atoms with E-state index >= 15 is 0 Å². The molecule has 0 saturated carbocycles. The van der Waals surface area contributed by atoms with Crippen molar-refractivity contribution in [3.63, 3.8) is 0 Å². The molecule has 1 aromatic carbocycles. The lowest BCUT2D eigenvalue weighted by Crippen LogP contribution is -2.28. The lowest BCUT2D eigenvalue weighted by molar-refractivity contribution is 0.222. The van der Waals surface area contributed by atoms with E-state index < -0.39 is 0 Å². The first kappa shape index (κ1) is 15.4. The number of likely N-dealkylation sites (N-methyl/N-ethyl adjacent to an activating group) is 1. The van der Waals surface area contributed by atoms with Gasteiger partial charge in [-0.2, -0.15) is 0 Å². The largest absolute Gasteiger partial charge is 0.493 e. The van der Waals surface area contributed by atoms with E-state index in [2.05, 4.69) is 18.7 Å². The van der Waals surface area contributed by atoms with E-state index in [0.29, 0.717) is 29.5 Å². The molecule has 0 atom stereocenters. The summed E-state index contributed by atoms with van der Waals surface area (Å²) in [5.74, 6) is 1.86. The average Bonchev–Trinajstić information content (AvgIpc) is 2.44. The zero-order valence-electron chi connectivity index (χ0n) is 12.2. The van der Waals surface area contributed by atoms with Crippen LogP contribution in [0.5, 0.6) is 17.2 Å². The highest BCUT2D eigenvalue weighted by Crippen LogP contribution is 2.36. The first-order chi connectivity index (χ1) is 9.15. The molecule has 0 bridgehead atoms. The molecule has 0 aliphatic heterocycles. The highest BCUT2D eigenvalue weighted by atomic mass is 16.5. The summed E-state index contributed by atoms with van der Waals surface area (Å²) in [5.41, 5.74) is 6.48. The third-order valence-electron chi connectivity index (χ3n) is 3.08. The molecule has 108 valence electrons. The summed E-state index contributed by atoms with van der Waals surface area (Å²) in [6.07, 6.45) is 0. The van der Waals surface area contributed by atoms with Crippen molar-refractivity contribution in [1.29, 1.82) is 0 Å². The first-order valence-corrected chi connectivity index (χ1v) is 6.52. The van der Waals surface area contributed by atoms with Gasteiger partial charge in [0.25, 0.3) is 0 Å². The van der Waals surface area contributed by atoms with Gasteiger partial charge in [-0.05, 0) is 13.1 Å². The minimum absolute atomic E-state index is 0.553. The van der Waals surface area contributed by atoms with E-state index in [-0.39, 0.29) is 0 Å². The highest BCUT2D eigenvalue weighted by molar-refractivity contribution is 5.61. The van der Waals surface area contributed by atoms with Crippen LogP contribution in [0.4, 0.5) is 5.69 Å². The SMILES string of the molecule is CCN(CC)CCOc1cc(OC)c(OC)cc1N. The van der Waals surface area contributed by atoms with Gasteiger partial charge in [-0.1, -0.05) is 13.8 Å². The molecule has 2 N–H and O–H groups in total. The van der Waals surface area contributed by atoms with Crippen molar-refractivity contribution >= 4 is 5.69 Å². The summed E-state index contributed by atoms with van der Waals surface area (Å²) in [4.78, 5) is 2.29. The predicted octanol–water partition coefficient (Wildman–Crippen LogP) is 2.01. The molecule has 0 amide bonds. The number of anilines is 1. The molecule has 5 nitrogen and oxygen atoms in total. The second-order valence-electron chi connectivity index (χ2n) is 4.12. The Morgan fingerprint density at radius 1 is 1.00 bits per heavy atom. The topological polar surface area (TPSA) is 57.0 Å². The maximum Gasteiger partial charge on any atom is 0.164 e. The molecule has 0 unspecified atom stereocenters. The predicted molar refractivity (Wildman–Crippen MR) is 77.2 cm³/mol. The van der Waals surface area contributed by atoms with E-state index in [0.717, 1.165) is 19.6 Å². The quantitative estimate of drug-likeness (QED) is 0.731. The summed E-state index contributed by atoms with van der Waals surface area (Å²) in [6, 6.07) is 3.47. The third-order valence-corrected chi connectivity index (χ3v) is 3.08. The van der Waals surface area contributed by atoms with E-state index in [1.807, 2.05) is 0 Å². The average molecular weight is 268 g/mol. The van der Waals surface area contributed by atoms with Gasteiger partial charge in [0.05, 0.1) is 19.9 Å². The van der Waals surface area contributed by atoms with Crippen molar-refractivity contribution in [3.05, 3.63) is 12.1 Å². The summed E-state index contributed by atoms with van der Waals surface area (Å²) >= 11 is 0. The Balaban J connectivity index is 2.68. The monoisotopic (exact) mass is 268 g/mol. The van der Waals surface area contributed by atoms with E-state index in [1.54, 1.807) is 26.4 Å². The second kappa shape index (κ2) is 7.74. The molecule has 0 aliphatic rings. The Morgan fingerprint density at radius 3 is 2.11 bits per heavy atom. The fourth-order valence-corrected chi connectivity index (χ4v) is 1.83. The van der Waals surface area contributed by atoms with Crippen molar-refractivity contribution < 1.29 is 14.2 Å². The fourth-order valence-electron chi connectivity index (χ4n) is 1.83. The number of nitrogens with two attached hydrogens (primary N) is 1. The standard InChI is InChI=1S/C14H24N2O3/c1-5-16(6-2)7-8-19-12-10-14(18-4)13(17-3)9-11(12)15/h9-10H,5-8,15H2,1-4H3. The van der Waals surface area contributed by atoms with Gasteiger partial charge in [-0.15, -0.1) is 0 Å². The summed E-state index contributed by atoms with van der Waals surface area (Å²) in [6.45, 7) is 7.77. The van der Waals surface area contributed by atoms with Crippen LogP contribution in [0.1, 0.15) is 13.8 Å². The van der Waals surface area contributed by atoms with Crippen LogP contribution in [0.25, 0.3) is 0 Å². The van der Waals surface area contributed by atoms with Gasteiger partial charge in [-0.25, -0.2) is 0 Å². The molecule has 1 rings (SSSR count). The van der Waals surface area contributed by atoms with Crippen molar-refractivity contribution in [2.24, 2.45) is 0 Å². The Bertz CT molecular complexity index is 393. The molecule has 0 spiro atoms. The Labute approximate surface area is 115 Å². The van der Waals surface area contributed by atoms with Crippen LogP contribution in [-0.4, -0.2) is 45.4 Å². The maximum atomic E-state index is 5.93. The molecular weight excluding hydrogens is 244 g/mol. The van der Waals surface area contributed by atoms with Gasteiger partial charge < -0.3 is 24.8 Å². The zero-order valence-corrected chi connectivity index (χ0v) is 12.2. The van der Waals surface area contributed by atoms with Gasteiger partial charge in [0.1, 0.15) is 12.4 Å². The molecule has 0 aromatic heterocycles. The van der Waals surface area contributed by atoms with Gasteiger partial charge in [-0.3, -0.25) is 0 Å². The first-order valence-electron chi connectivity index (χ1n) is 6.52. The Hall–Kier alpha value is -1.62. The van der Waals surface area contributed by atoms with Crippen molar-refractivity contribution in [3.8, 4) is 17.2 Å². The smallest absolute Gasteiger partial charge is 0.164 e. The summed E-state index contributed by atoms with van der Waals surface area (Å²) in [7, 11) is 3.17. The molecule has 1 aromatic rings. The minimum atomic E-state index is 0.553. The molecule has 0 saturated heterocycles. The van der Waals surface area contributed by atoms with Gasteiger partial charge in [0.15, 0.2) is 11.5 Å². The molecule has 0 radical (unpaired) electrons. The number of benzene rings is 1. The second-order valence-corrected chi connectivity index (χ2v) is 4.12. The van der Waals surface area contributed by atoms with Gasteiger partial charge in [0.2, 0.25) is 0 Å². The van der Waals surface area contributed by atoms with Crippen LogP contribution in [-0.2, 0) is 0 Å². The zero-order chi connectivity index (χ0) is 14.3. The number of rotatable bonds is 8. The number of methoxy groups -OCH3 is 2. The lowest BCUT2D eigenvalue weighted by Gasteiger charge is -2.19. The van der Waals surface area contributed by atoms with Crippen LogP contribution in [0.2, 0.25) is 0 Å². The van der Waals surface area contributed by atoms with Crippen LogP contribution in [0.3, 0.4) is 0 Å². The molecular formula is C14H24N2O3. The summed E-state index contributed by atoms with van der Waals surface area (Å²) in [5, 5.41) is 0. The molecule has 0 fully saturated rings.